The van der Waals surface area contributed by atoms with Gasteiger partial charge in [0.05, 0.1) is 18.2 Å². The van der Waals surface area contributed by atoms with Crippen LogP contribution in [-0.2, 0) is 4.74 Å². The van der Waals surface area contributed by atoms with Crippen LogP contribution in [0.25, 0.3) is 0 Å². The number of rotatable bonds is 7. The molecule has 0 N–H and O–H groups in total. The molecule has 0 aliphatic carbocycles. The van der Waals surface area contributed by atoms with Crippen molar-refractivity contribution in [2.45, 2.75) is 25.4 Å². The number of hydrogen-bond donors (Lipinski definition) is 0. The zero-order chi connectivity index (χ0) is 15.6. The highest BCUT2D eigenvalue weighted by atomic mass is 16.5. The largest absolute Gasteiger partial charge is 0.473 e. The van der Waals surface area contributed by atoms with Crippen LogP contribution in [0.3, 0.4) is 0 Å². The second-order valence-electron chi connectivity index (χ2n) is 5.37. The van der Waals surface area contributed by atoms with Crippen LogP contribution in [0.15, 0.2) is 31.0 Å². The van der Waals surface area contributed by atoms with Crippen molar-refractivity contribution in [2.24, 2.45) is 0 Å². The molecule has 0 aromatic carbocycles. The van der Waals surface area contributed by atoms with Crippen molar-refractivity contribution in [1.29, 1.82) is 5.26 Å². The summed E-state index contributed by atoms with van der Waals surface area (Å²) in [5.41, 5.74) is 0.565. The van der Waals surface area contributed by atoms with Crippen LogP contribution in [0, 0.1) is 11.3 Å². The van der Waals surface area contributed by atoms with Gasteiger partial charge in [-0.1, -0.05) is 6.08 Å². The molecule has 5 nitrogen and oxygen atoms in total. The minimum Gasteiger partial charge on any atom is -0.473 e. The molecule has 1 aromatic heterocycles. The highest BCUT2D eigenvalue weighted by Crippen LogP contribution is 2.15. The number of pyridine rings is 1. The van der Waals surface area contributed by atoms with Gasteiger partial charge in [-0.05, 0) is 25.3 Å². The van der Waals surface area contributed by atoms with Crippen LogP contribution >= 0.6 is 0 Å². The van der Waals surface area contributed by atoms with Gasteiger partial charge in [-0.15, -0.1) is 6.58 Å². The molecule has 1 fully saturated rings. The van der Waals surface area contributed by atoms with Crippen LogP contribution in [0.2, 0.25) is 0 Å². The summed E-state index contributed by atoms with van der Waals surface area (Å²) in [6, 6.07) is 5.48. The van der Waals surface area contributed by atoms with E-state index in [-0.39, 0.29) is 6.10 Å². The molecule has 22 heavy (non-hydrogen) atoms. The van der Waals surface area contributed by atoms with Crippen molar-refractivity contribution < 1.29 is 9.47 Å². The first-order valence-electron chi connectivity index (χ1n) is 7.75. The van der Waals surface area contributed by atoms with Gasteiger partial charge < -0.3 is 9.47 Å². The smallest absolute Gasteiger partial charge is 0.214 e. The maximum Gasteiger partial charge on any atom is 0.214 e. The summed E-state index contributed by atoms with van der Waals surface area (Å²) in [6.07, 6.45) is 6.39. The minimum atomic E-state index is 0.0394. The molecular formula is C17H23N3O2. The second-order valence-corrected chi connectivity index (χ2v) is 5.37. The number of nitrogens with zero attached hydrogens (tertiary/aromatic N) is 3. The standard InChI is InChI=1S/C17H23N3O2/c1-2-3-5-16(14-20-8-4-10-21-11-9-20)22-17-12-15(13-18)6-7-19-17/h2,6-7,12,16H,1,3-5,8-11,14H2. The van der Waals surface area contributed by atoms with Crippen molar-refractivity contribution in [3.63, 3.8) is 0 Å². The Hall–Kier alpha value is -1.90. The molecule has 1 aliphatic heterocycles. The number of allylic oxidation sites excluding steroid dienone is 1. The number of hydrogen-bond acceptors (Lipinski definition) is 5. The van der Waals surface area contributed by atoms with E-state index in [0.717, 1.165) is 52.1 Å². The lowest BCUT2D eigenvalue weighted by molar-refractivity contribution is 0.109. The third kappa shape index (κ3) is 5.47. The molecule has 5 heteroatoms. The summed E-state index contributed by atoms with van der Waals surface area (Å²) < 4.78 is 11.5. The van der Waals surface area contributed by atoms with E-state index in [4.69, 9.17) is 14.7 Å². The summed E-state index contributed by atoms with van der Waals surface area (Å²) >= 11 is 0. The Morgan fingerprint density at radius 3 is 3.23 bits per heavy atom. The van der Waals surface area contributed by atoms with E-state index in [9.17, 15) is 0 Å². The zero-order valence-corrected chi connectivity index (χ0v) is 12.9. The predicted molar refractivity (Wildman–Crippen MR) is 84.7 cm³/mol. The third-order valence-electron chi connectivity index (χ3n) is 3.62. The molecule has 0 spiro atoms. The SMILES string of the molecule is C=CCCC(CN1CCCOCC1)Oc1cc(C#N)ccn1. The Morgan fingerprint density at radius 2 is 2.41 bits per heavy atom. The first-order chi connectivity index (χ1) is 10.8. The fourth-order valence-corrected chi connectivity index (χ4v) is 2.47. The molecule has 1 atom stereocenters. The lowest BCUT2D eigenvalue weighted by Gasteiger charge is -2.26. The van der Waals surface area contributed by atoms with Gasteiger partial charge in [0.25, 0.3) is 0 Å². The Kier molecular flexibility index (Phi) is 6.88. The second kappa shape index (κ2) is 9.19. The molecule has 118 valence electrons. The van der Waals surface area contributed by atoms with Crippen LogP contribution < -0.4 is 4.74 Å². The van der Waals surface area contributed by atoms with Crippen molar-refractivity contribution in [3.05, 3.63) is 36.5 Å². The normalized spacial score (nSPS) is 17.2. The molecule has 0 bridgehead atoms. The van der Waals surface area contributed by atoms with Crippen molar-refractivity contribution in [1.82, 2.24) is 9.88 Å². The van der Waals surface area contributed by atoms with E-state index in [2.05, 4.69) is 22.5 Å². The van der Waals surface area contributed by atoms with Crippen molar-refractivity contribution >= 4 is 0 Å². The Morgan fingerprint density at radius 1 is 1.50 bits per heavy atom. The average Bonchev–Trinajstić information content (AvgIpc) is 2.81. The van der Waals surface area contributed by atoms with E-state index < -0.39 is 0 Å². The summed E-state index contributed by atoms with van der Waals surface area (Å²) in [4.78, 5) is 6.57. The third-order valence-corrected chi connectivity index (χ3v) is 3.62. The molecule has 0 radical (unpaired) electrons. The van der Waals surface area contributed by atoms with Gasteiger partial charge in [-0.25, -0.2) is 4.98 Å². The van der Waals surface area contributed by atoms with Crippen molar-refractivity contribution in [3.8, 4) is 11.9 Å². The molecular weight excluding hydrogens is 278 g/mol. The van der Waals surface area contributed by atoms with Crippen LogP contribution in [0.4, 0.5) is 0 Å². The topological polar surface area (TPSA) is 58.4 Å². The van der Waals surface area contributed by atoms with Gasteiger partial charge in [-0.3, -0.25) is 4.90 Å². The first-order valence-corrected chi connectivity index (χ1v) is 7.75. The number of nitriles is 1. The van der Waals surface area contributed by atoms with Crippen LogP contribution in [0.5, 0.6) is 5.88 Å². The van der Waals surface area contributed by atoms with Gasteiger partial charge in [0.2, 0.25) is 5.88 Å². The monoisotopic (exact) mass is 301 g/mol. The highest BCUT2D eigenvalue weighted by Gasteiger charge is 2.17. The molecule has 1 saturated heterocycles. The van der Waals surface area contributed by atoms with E-state index in [1.165, 1.54) is 0 Å². The van der Waals surface area contributed by atoms with Gasteiger partial charge >= 0.3 is 0 Å². The minimum absolute atomic E-state index is 0.0394. The van der Waals surface area contributed by atoms with Gasteiger partial charge in [0, 0.05) is 38.5 Å². The molecule has 1 unspecified atom stereocenters. The van der Waals surface area contributed by atoms with E-state index >= 15 is 0 Å². The summed E-state index contributed by atoms with van der Waals surface area (Å²) in [6.45, 7) is 8.19. The summed E-state index contributed by atoms with van der Waals surface area (Å²) in [7, 11) is 0. The highest BCUT2D eigenvalue weighted by molar-refractivity contribution is 5.31. The maximum atomic E-state index is 8.96. The quantitative estimate of drug-likeness (QED) is 0.724. The van der Waals surface area contributed by atoms with Crippen LogP contribution in [0.1, 0.15) is 24.8 Å². The van der Waals surface area contributed by atoms with E-state index in [0.29, 0.717) is 11.4 Å². The number of aromatic nitrogens is 1. The number of ether oxygens (including phenoxy) is 2. The molecule has 0 amide bonds. The molecule has 1 aliphatic rings. The first kappa shape index (κ1) is 16.5. The van der Waals surface area contributed by atoms with E-state index in [1.54, 1.807) is 18.3 Å². The lowest BCUT2D eigenvalue weighted by atomic mass is 10.1. The summed E-state index contributed by atoms with van der Waals surface area (Å²) in [5.74, 6) is 0.513. The lowest BCUT2D eigenvalue weighted by Crippen LogP contribution is -2.37. The fraction of sp³-hybridized carbons (Fsp3) is 0.529. The Bertz CT molecular complexity index is 505. The maximum absolute atomic E-state index is 8.96. The molecule has 2 heterocycles. The molecule has 1 aromatic rings. The summed E-state index contributed by atoms with van der Waals surface area (Å²) in [5, 5.41) is 8.96. The van der Waals surface area contributed by atoms with E-state index in [1.807, 2.05) is 6.08 Å². The van der Waals surface area contributed by atoms with Crippen LogP contribution in [-0.4, -0.2) is 48.8 Å². The Labute approximate surface area is 132 Å². The predicted octanol–water partition coefficient (Wildman–Crippen LogP) is 2.39. The van der Waals surface area contributed by atoms with Gasteiger partial charge in [-0.2, -0.15) is 5.26 Å². The van der Waals surface area contributed by atoms with Gasteiger partial charge in [0.15, 0.2) is 0 Å². The molecule has 0 saturated carbocycles. The van der Waals surface area contributed by atoms with Crippen molar-refractivity contribution in [2.75, 3.05) is 32.8 Å². The average molecular weight is 301 g/mol. The zero-order valence-electron chi connectivity index (χ0n) is 12.9. The molecule has 2 rings (SSSR count). The Balaban J connectivity index is 1.98. The fourth-order valence-electron chi connectivity index (χ4n) is 2.47. The van der Waals surface area contributed by atoms with Gasteiger partial charge in [0.1, 0.15) is 6.10 Å².